The van der Waals surface area contributed by atoms with E-state index in [2.05, 4.69) is 5.43 Å². The fraction of sp³-hybridized carbons (Fsp3) is 0.545. The van der Waals surface area contributed by atoms with Crippen molar-refractivity contribution in [3.8, 4) is 0 Å². The van der Waals surface area contributed by atoms with E-state index in [-0.39, 0.29) is 5.91 Å². The van der Waals surface area contributed by atoms with Gasteiger partial charge in [-0.1, -0.05) is 0 Å². The fourth-order valence-corrected chi connectivity index (χ4v) is 1.19. The van der Waals surface area contributed by atoms with E-state index in [9.17, 15) is 4.79 Å². The molecule has 1 aromatic rings. The number of carbonyl (C=O) groups excluding carboxylic acids is 1. The average molecular weight is 209 g/mol. The van der Waals surface area contributed by atoms with Crippen molar-refractivity contribution in [2.45, 2.75) is 27.7 Å². The van der Waals surface area contributed by atoms with Gasteiger partial charge in [0.1, 0.15) is 0 Å². The maximum atomic E-state index is 11.9. The van der Waals surface area contributed by atoms with E-state index in [0.29, 0.717) is 6.54 Å². The minimum atomic E-state index is -0.539. The second kappa shape index (κ2) is 4.06. The Morgan fingerprint density at radius 1 is 1.40 bits per heavy atom. The summed E-state index contributed by atoms with van der Waals surface area (Å²) in [6.45, 7) is 7.89. The minimum absolute atomic E-state index is 0.0626. The van der Waals surface area contributed by atoms with E-state index in [1.165, 1.54) is 0 Å². The Bertz CT molecular complexity index is 346. The second-order valence-electron chi connectivity index (χ2n) is 4.48. The van der Waals surface area contributed by atoms with Crippen LogP contribution in [0.4, 0.5) is 0 Å². The summed E-state index contributed by atoms with van der Waals surface area (Å²) in [5.41, 5.74) is 9.87. The van der Waals surface area contributed by atoms with E-state index in [0.717, 1.165) is 11.4 Å². The number of hydrogen-bond donors (Lipinski definition) is 2. The molecule has 0 bridgehead atoms. The molecule has 1 amide bonds. The first-order chi connectivity index (χ1) is 6.88. The molecule has 0 fully saturated rings. The van der Waals surface area contributed by atoms with Gasteiger partial charge in [-0.05, 0) is 39.8 Å². The zero-order valence-electron chi connectivity index (χ0n) is 9.79. The van der Waals surface area contributed by atoms with Crippen molar-refractivity contribution in [3.63, 3.8) is 0 Å². The van der Waals surface area contributed by atoms with Crippen molar-refractivity contribution < 1.29 is 4.79 Å². The van der Waals surface area contributed by atoms with E-state index < -0.39 is 5.41 Å². The molecule has 1 aromatic heterocycles. The number of carbonyl (C=O) groups is 1. The molecule has 15 heavy (non-hydrogen) atoms. The van der Waals surface area contributed by atoms with Crippen molar-refractivity contribution in [3.05, 3.63) is 23.5 Å². The molecule has 0 aromatic carbocycles. The topological polar surface area (TPSA) is 60.0 Å². The van der Waals surface area contributed by atoms with Crippen LogP contribution in [0.25, 0.3) is 0 Å². The number of nitrogens with one attached hydrogen (secondary N) is 1. The second-order valence-corrected chi connectivity index (χ2v) is 4.48. The number of hydrogen-bond acceptors (Lipinski definition) is 2. The first-order valence-corrected chi connectivity index (χ1v) is 5.05. The lowest BCUT2D eigenvalue weighted by atomic mass is 9.93. The van der Waals surface area contributed by atoms with Crippen LogP contribution in [0.15, 0.2) is 12.1 Å². The molecule has 0 atom stereocenters. The summed E-state index contributed by atoms with van der Waals surface area (Å²) in [4.78, 5) is 11.9. The van der Waals surface area contributed by atoms with Crippen molar-refractivity contribution in [1.82, 2.24) is 4.68 Å². The highest BCUT2D eigenvalue weighted by molar-refractivity contribution is 5.89. The quantitative estimate of drug-likeness (QED) is 0.784. The monoisotopic (exact) mass is 209 g/mol. The number of nitrogens with zero attached hydrogens (tertiary/aromatic N) is 1. The van der Waals surface area contributed by atoms with Crippen LogP contribution < -0.4 is 11.2 Å². The van der Waals surface area contributed by atoms with Crippen molar-refractivity contribution in [2.24, 2.45) is 11.1 Å². The summed E-state index contributed by atoms with van der Waals surface area (Å²) in [5.74, 6) is -0.0626. The smallest absolute Gasteiger partial charge is 0.245 e. The Balaban J connectivity index is 2.84. The van der Waals surface area contributed by atoms with Gasteiger partial charge in [-0.15, -0.1) is 0 Å². The van der Waals surface area contributed by atoms with Gasteiger partial charge < -0.3 is 5.73 Å². The highest BCUT2D eigenvalue weighted by Crippen LogP contribution is 2.14. The highest BCUT2D eigenvalue weighted by atomic mass is 16.2. The van der Waals surface area contributed by atoms with Gasteiger partial charge in [-0.2, -0.15) is 0 Å². The molecular weight excluding hydrogens is 190 g/mol. The Labute approximate surface area is 90.4 Å². The molecule has 1 rings (SSSR count). The number of amides is 1. The Morgan fingerprint density at radius 2 is 1.87 bits per heavy atom. The van der Waals surface area contributed by atoms with Crippen LogP contribution in [-0.2, 0) is 4.79 Å². The van der Waals surface area contributed by atoms with Crippen LogP contribution in [0.3, 0.4) is 0 Å². The van der Waals surface area contributed by atoms with Gasteiger partial charge in [-0.3, -0.25) is 14.9 Å². The zero-order chi connectivity index (χ0) is 11.6. The predicted octanol–water partition coefficient (Wildman–Crippen LogP) is 1.16. The van der Waals surface area contributed by atoms with Gasteiger partial charge in [0, 0.05) is 17.9 Å². The third-order valence-electron chi connectivity index (χ3n) is 2.61. The third kappa shape index (κ3) is 2.39. The summed E-state index contributed by atoms with van der Waals surface area (Å²) in [7, 11) is 0. The Kier molecular flexibility index (Phi) is 3.19. The van der Waals surface area contributed by atoms with E-state index in [4.69, 9.17) is 5.73 Å². The summed E-state index contributed by atoms with van der Waals surface area (Å²) in [6.07, 6.45) is 0. The molecule has 0 saturated heterocycles. The molecule has 0 spiro atoms. The van der Waals surface area contributed by atoms with Gasteiger partial charge >= 0.3 is 0 Å². The highest BCUT2D eigenvalue weighted by Gasteiger charge is 2.26. The molecule has 3 N–H and O–H groups in total. The lowest BCUT2D eigenvalue weighted by molar-refractivity contribution is -0.124. The zero-order valence-corrected chi connectivity index (χ0v) is 9.79. The van der Waals surface area contributed by atoms with Crippen LogP contribution in [0, 0.1) is 19.3 Å². The van der Waals surface area contributed by atoms with Crippen LogP contribution in [0.2, 0.25) is 0 Å². The maximum absolute atomic E-state index is 11.9. The normalized spacial score (nSPS) is 11.5. The van der Waals surface area contributed by atoms with Crippen LogP contribution in [-0.4, -0.2) is 17.1 Å². The lowest BCUT2D eigenvalue weighted by Crippen LogP contribution is -2.41. The number of rotatable bonds is 3. The van der Waals surface area contributed by atoms with Gasteiger partial charge in [0.05, 0.1) is 5.41 Å². The minimum Gasteiger partial charge on any atom is -0.329 e. The number of aryl methyl sites for hydroxylation is 2. The summed E-state index contributed by atoms with van der Waals surface area (Å²) in [5, 5.41) is 0. The summed E-state index contributed by atoms with van der Waals surface area (Å²) in [6, 6.07) is 3.93. The molecule has 4 heteroatoms. The average Bonchev–Trinajstić information content (AvgIpc) is 2.49. The van der Waals surface area contributed by atoms with E-state index >= 15 is 0 Å². The van der Waals surface area contributed by atoms with Gasteiger partial charge in [-0.25, -0.2) is 0 Å². The van der Waals surface area contributed by atoms with Gasteiger partial charge in [0.2, 0.25) is 5.91 Å². The Hall–Kier alpha value is -1.29. The Morgan fingerprint density at radius 3 is 2.27 bits per heavy atom. The van der Waals surface area contributed by atoms with Crippen molar-refractivity contribution in [2.75, 3.05) is 12.0 Å². The lowest BCUT2D eigenvalue weighted by Gasteiger charge is -2.23. The maximum Gasteiger partial charge on any atom is 0.245 e. The molecular formula is C11H19N3O. The number of aromatic nitrogens is 1. The first-order valence-electron chi connectivity index (χ1n) is 5.05. The molecule has 0 aliphatic heterocycles. The van der Waals surface area contributed by atoms with E-state index in [1.807, 2.05) is 39.8 Å². The molecule has 0 radical (unpaired) electrons. The van der Waals surface area contributed by atoms with Crippen molar-refractivity contribution in [1.29, 1.82) is 0 Å². The van der Waals surface area contributed by atoms with Gasteiger partial charge in [0.25, 0.3) is 0 Å². The molecule has 84 valence electrons. The molecule has 0 aliphatic rings. The standard InChI is InChI=1S/C11H19N3O/c1-8-5-6-9(2)14(8)13-10(15)11(3,4)7-12/h5-6H,7,12H2,1-4H3,(H,13,15). The molecule has 1 heterocycles. The molecule has 0 saturated carbocycles. The number of nitrogens with two attached hydrogens (primary N) is 1. The van der Waals surface area contributed by atoms with Crippen LogP contribution >= 0.6 is 0 Å². The largest absolute Gasteiger partial charge is 0.329 e. The van der Waals surface area contributed by atoms with Gasteiger partial charge in [0.15, 0.2) is 0 Å². The molecule has 0 aliphatic carbocycles. The predicted molar refractivity (Wildman–Crippen MR) is 61.1 cm³/mol. The molecule has 4 nitrogen and oxygen atoms in total. The summed E-state index contributed by atoms with van der Waals surface area (Å²) >= 11 is 0. The summed E-state index contributed by atoms with van der Waals surface area (Å²) < 4.78 is 1.78. The third-order valence-corrected chi connectivity index (χ3v) is 2.61. The van der Waals surface area contributed by atoms with Crippen molar-refractivity contribution >= 4 is 5.91 Å². The van der Waals surface area contributed by atoms with Crippen LogP contribution in [0.1, 0.15) is 25.2 Å². The molecule has 0 unspecified atom stereocenters. The first kappa shape index (κ1) is 11.8. The fourth-order valence-electron chi connectivity index (χ4n) is 1.19. The SMILES string of the molecule is Cc1ccc(C)n1NC(=O)C(C)(C)CN. The van der Waals surface area contributed by atoms with Crippen LogP contribution in [0.5, 0.6) is 0 Å². The van der Waals surface area contributed by atoms with E-state index in [1.54, 1.807) is 4.68 Å².